The van der Waals surface area contributed by atoms with Crippen molar-refractivity contribution in [2.45, 2.75) is 57.6 Å². The number of hydrogen-bond acceptors (Lipinski definition) is 2. The molecule has 1 N–H and O–H groups in total. The first-order valence-electron chi connectivity index (χ1n) is 7.19. The number of rotatable bonds is 3. The molecular formula is C16H25NO. The van der Waals surface area contributed by atoms with Crippen molar-refractivity contribution in [1.29, 1.82) is 0 Å². The maximum absolute atomic E-state index is 9.53. The fourth-order valence-electron chi connectivity index (χ4n) is 2.84. The fraction of sp³-hybridized carbons (Fsp3) is 0.625. The van der Waals surface area contributed by atoms with Crippen LogP contribution in [-0.2, 0) is 0 Å². The van der Waals surface area contributed by atoms with E-state index in [0.717, 1.165) is 5.56 Å². The van der Waals surface area contributed by atoms with Crippen molar-refractivity contribution >= 4 is 5.69 Å². The minimum atomic E-state index is -0.373. The molecule has 0 unspecified atom stereocenters. The Balaban J connectivity index is 2.05. The number of aliphatic hydroxyl groups is 1. The number of nitrogens with zero attached hydrogens (tertiary/aromatic N) is 1. The summed E-state index contributed by atoms with van der Waals surface area (Å²) in [4.78, 5) is 2.41. The molecule has 0 radical (unpaired) electrons. The Morgan fingerprint density at radius 3 is 2.11 bits per heavy atom. The van der Waals surface area contributed by atoms with Gasteiger partial charge in [0, 0.05) is 18.8 Å². The molecule has 1 aliphatic carbocycles. The van der Waals surface area contributed by atoms with E-state index in [1.165, 1.54) is 44.2 Å². The van der Waals surface area contributed by atoms with Gasteiger partial charge in [-0.25, -0.2) is 0 Å². The normalized spacial score (nSPS) is 19.3. The van der Waals surface area contributed by atoms with Crippen LogP contribution >= 0.6 is 0 Å². The molecule has 0 heterocycles. The molecule has 0 spiro atoms. The smallest absolute Gasteiger partial charge is 0.0761 e. The molecule has 1 fully saturated rings. The summed E-state index contributed by atoms with van der Waals surface area (Å²) in [5, 5.41) is 9.53. The number of anilines is 1. The lowest BCUT2D eigenvalue weighted by molar-refractivity contribution is 0.199. The number of aliphatic hydroxyl groups excluding tert-OH is 1. The zero-order valence-corrected chi connectivity index (χ0v) is 11.6. The van der Waals surface area contributed by atoms with E-state index in [1.807, 2.05) is 19.1 Å². The molecule has 0 saturated heterocycles. The molecule has 2 heteroatoms. The Hall–Kier alpha value is -1.02. The van der Waals surface area contributed by atoms with Gasteiger partial charge >= 0.3 is 0 Å². The van der Waals surface area contributed by atoms with Crippen LogP contribution in [0.2, 0.25) is 0 Å². The van der Waals surface area contributed by atoms with E-state index in [2.05, 4.69) is 24.1 Å². The van der Waals surface area contributed by atoms with E-state index < -0.39 is 0 Å². The van der Waals surface area contributed by atoms with Crippen LogP contribution in [-0.4, -0.2) is 18.2 Å². The summed E-state index contributed by atoms with van der Waals surface area (Å²) in [6, 6.07) is 9.02. The van der Waals surface area contributed by atoms with Crippen molar-refractivity contribution in [1.82, 2.24) is 0 Å². The van der Waals surface area contributed by atoms with E-state index >= 15 is 0 Å². The maximum atomic E-state index is 9.53. The number of benzene rings is 1. The zero-order valence-electron chi connectivity index (χ0n) is 11.6. The van der Waals surface area contributed by atoms with Gasteiger partial charge in [-0.2, -0.15) is 0 Å². The van der Waals surface area contributed by atoms with E-state index in [0.29, 0.717) is 6.04 Å². The highest BCUT2D eigenvalue weighted by Gasteiger charge is 2.17. The van der Waals surface area contributed by atoms with Gasteiger partial charge in [-0.15, -0.1) is 0 Å². The molecule has 1 aliphatic rings. The molecule has 1 atom stereocenters. The Morgan fingerprint density at radius 1 is 1.06 bits per heavy atom. The average molecular weight is 247 g/mol. The van der Waals surface area contributed by atoms with Gasteiger partial charge in [0.2, 0.25) is 0 Å². The van der Waals surface area contributed by atoms with Crippen molar-refractivity contribution in [3.05, 3.63) is 29.8 Å². The second-order valence-corrected chi connectivity index (χ2v) is 5.52. The van der Waals surface area contributed by atoms with E-state index in [4.69, 9.17) is 0 Å². The number of hydrogen-bond donors (Lipinski definition) is 1. The summed E-state index contributed by atoms with van der Waals surface area (Å²) >= 11 is 0. The molecule has 18 heavy (non-hydrogen) atoms. The summed E-state index contributed by atoms with van der Waals surface area (Å²) in [5.41, 5.74) is 2.26. The summed E-state index contributed by atoms with van der Waals surface area (Å²) in [6.07, 6.45) is 7.77. The van der Waals surface area contributed by atoms with Crippen LogP contribution in [0.3, 0.4) is 0 Å². The summed E-state index contributed by atoms with van der Waals surface area (Å²) < 4.78 is 0. The van der Waals surface area contributed by atoms with Crippen LogP contribution in [0.1, 0.15) is 57.1 Å². The van der Waals surface area contributed by atoms with Gasteiger partial charge in [-0.3, -0.25) is 0 Å². The summed E-state index contributed by atoms with van der Waals surface area (Å²) in [7, 11) is 2.20. The monoisotopic (exact) mass is 247 g/mol. The third kappa shape index (κ3) is 3.26. The Bertz CT molecular complexity index is 350. The molecule has 1 aromatic rings. The lowest BCUT2D eigenvalue weighted by Crippen LogP contribution is -2.30. The fourth-order valence-corrected chi connectivity index (χ4v) is 2.84. The molecule has 0 bridgehead atoms. The standard InChI is InChI=1S/C16H25NO/c1-13(18)14-9-11-16(12-10-14)17(2)15-7-5-3-4-6-8-15/h9-13,15,18H,3-8H2,1-2H3/t13-/m0/s1. The van der Waals surface area contributed by atoms with Crippen LogP contribution in [0, 0.1) is 0 Å². The van der Waals surface area contributed by atoms with Gasteiger partial charge in [0.15, 0.2) is 0 Å². The highest BCUT2D eigenvalue weighted by atomic mass is 16.3. The Kier molecular flexibility index (Phi) is 4.65. The van der Waals surface area contributed by atoms with Crippen molar-refractivity contribution in [3.63, 3.8) is 0 Å². The highest BCUT2D eigenvalue weighted by Crippen LogP contribution is 2.26. The lowest BCUT2D eigenvalue weighted by Gasteiger charge is -2.29. The zero-order chi connectivity index (χ0) is 13.0. The van der Waals surface area contributed by atoms with Gasteiger partial charge in [0.05, 0.1) is 6.10 Å². The van der Waals surface area contributed by atoms with E-state index in [9.17, 15) is 5.11 Å². The van der Waals surface area contributed by atoms with Gasteiger partial charge in [0.1, 0.15) is 0 Å². The summed E-state index contributed by atoms with van der Waals surface area (Å²) in [6.45, 7) is 1.81. The minimum Gasteiger partial charge on any atom is -0.389 e. The minimum absolute atomic E-state index is 0.373. The Labute approximate surface area is 111 Å². The van der Waals surface area contributed by atoms with Crippen LogP contribution < -0.4 is 4.90 Å². The topological polar surface area (TPSA) is 23.5 Å². The Morgan fingerprint density at radius 2 is 1.61 bits per heavy atom. The third-order valence-corrected chi connectivity index (χ3v) is 4.16. The molecule has 1 saturated carbocycles. The van der Waals surface area contributed by atoms with Gasteiger partial charge in [-0.05, 0) is 37.5 Å². The van der Waals surface area contributed by atoms with Crippen molar-refractivity contribution in [2.75, 3.05) is 11.9 Å². The SMILES string of the molecule is C[C@H](O)c1ccc(N(C)C2CCCCCC2)cc1. The maximum Gasteiger partial charge on any atom is 0.0761 e. The molecule has 0 aliphatic heterocycles. The summed E-state index contributed by atoms with van der Waals surface area (Å²) in [5.74, 6) is 0. The van der Waals surface area contributed by atoms with E-state index in [-0.39, 0.29) is 6.10 Å². The molecule has 0 amide bonds. The molecule has 1 aromatic carbocycles. The first kappa shape index (κ1) is 13.4. The molecule has 100 valence electrons. The van der Waals surface area contributed by atoms with Crippen LogP contribution in [0.4, 0.5) is 5.69 Å². The third-order valence-electron chi connectivity index (χ3n) is 4.16. The molecular weight excluding hydrogens is 222 g/mol. The molecule has 0 aromatic heterocycles. The average Bonchev–Trinajstić information content (AvgIpc) is 2.67. The predicted octanol–water partition coefficient (Wildman–Crippen LogP) is 3.90. The van der Waals surface area contributed by atoms with Gasteiger partial charge in [-0.1, -0.05) is 37.8 Å². The lowest BCUT2D eigenvalue weighted by atomic mass is 10.1. The highest BCUT2D eigenvalue weighted by molar-refractivity contribution is 5.48. The van der Waals surface area contributed by atoms with Crippen LogP contribution in [0.25, 0.3) is 0 Å². The quantitative estimate of drug-likeness (QED) is 0.819. The van der Waals surface area contributed by atoms with Crippen molar-refractivity contribution in [3.8, 4) is 0 Å². The van der Waals surface area contributed by atoms with Gasteiger partial charge in [0.25, 0.3) is 0 Å². The first-order chi connectivity index (χ1) is 8.68. The predicted molar refractivity (Wildman–Crippen MR) is 77.0 cm³/mol. The first-order valence-corrected chi connectivity index (χ1v) is 7.19. The van der Waals surface area contributed by atoms with Crippen molar-refractivity contribution < 1.29 is 5.11 Å². The van der Waals surface area contributed by atoms with Crippen molar-refractivity contribution in [2.24, 2.45) is 0 Å². The second-order valence-electron chi connectivity index (χ2n) is 5.52. The van der Waals surface area contributed by atoms with Crippen LogP contribution in [0.15, 0.2) is 24.3 Å². The second kappa shape index (κ2) is 6.24. The molecule has 2 nitrogen and oxygen atoms in total. The van der Waals surface area contributed by atoms with E-state index in [1.54, 1.807) is 0 Å². The van der Waals surface area contributed by atoms with Gasteiger partial charge < -0.3 is 10.0 Å². The largest absolute Gasteiger partial charge is 0.389 e. The molecule has 2 rings (SSSR count). The van der Waals surface area contributed by atoms with Crippen LogP contribution in [0.5, 0.6) is 0 Å².